The number of nitrogens with one attached hydrogen (secondary N) is 1. The first-order valence-electron chi connectivity index (χ1n) is 9.74. The van der Waals surface area contributed by atoms with Gasteiger partial charge in [-0.3, -0.25) is 9.80 Å². The van der Waals surface area contributed by atoms with E-state index < -0.39 is 0 Å². The summed E-state index contributed by atoms with van der Waals surface area (Å²) in [5.41, 5.74) is 6.49. The van der Waals surface area contributed by atoms with Crippen LogP contribution in [0.25, 0.3) is 0 Å². The summed E-state index contributed by atoms with van der Waals surface area (Å²) in [5.74, 6) is 0.126. The molecule has 5 heteroatoms. The highest BCUT2D eigenvalue weighted by atomic mass is 16.5. The molecule has 1 saturated heterocycles. The van der Waals surface area contributed by atoms with Gasteiger partial charge in [0.15, 0.2) is 0 Å². The molecule has 142 valence electrons. The average Bonchev–Trinajstić information content (AvgIpc) is 2.76. The molecule has 5 rings (SSSR count). The summed E-state index contributed by atoms with van der Waals surface area (Å²) in [6.07, 6.45) is 5.33. The van der Waals surface area contributed by atoms with E-state index in [9.17, 15) is 4.79 Å². The van der Waals surface area contributed by atoms with Crippen molar-refractivity contribution in [3.63, 3.8) is 0 Å². The van der Waals surface area contributed by atoms with E-state index in [0.29, 0.717) is 18.9 Å². The van der Waals surface area contributed by atoms with Gasteiger partial charge in [0, 0.05) is 30.9 Å². The molecule has 0 saturated carbocycles. The Morgan fingerprint density at radius 1 is 1.00 bits per heavy atom. The van der Waals surface area contributed by atoms with Crippen molar-refractivity contribution in [3.05, 3.63) is 96.0 Å². The van der Waals surface area contributed by atoms with Gasteiger partial charge in [-0.05, 0) is 11.1 Å². The van der Waals surface area contributed by atoms with Gasteiger partial charge >= 0.3 is 0 Å². The van der Waals surface area contributed by atoms with Crippen LogP contribution in [0.5, 0.6) is 0 Å². The summed E-state index contributed by atoms with van der Waals surface area (Å²) in [5, 5.41) is 2.04. The Morgan fingerprint density at radius 2 is 1.68 bits per heavy atom. The second-order valence-corrected chi connectivity index (χ2v) is 7.38. The van der Waals surface area contributed by atoms with Crippen LogP contribution >= 0.6 is 0 Å². The number of ketones is 1. The van der Waals surface area contributed by atoms with Crippen molar-refractivity contribution in [1.29, 1.82) is 0 Å². The van der Waals surface area contributed by atoms with Gasteiger partial charge in [-0.2, -0.15) is 0 Å². The van der Waals surface area contributed by atoms with Gasteiger partial charge in [0.25, 0.3) is 0 Å². The quantitative estimate of drug-likeness (QED) is 0.896. The molecule has 2 aromatic carbocycles. The molecule has 28 heavy (non-hydrogen) atoms. The van der Waals surface area contributed by atoms with E-state index in [1.54, 1.807) is 12.3 Å². The number of nitrogens with zero attached hydrogens (tertiary/aromatic N) is 2. The van der Waals surface area contributed by atoms with E-state index in [2.05, 4.69) is 58.9 Å². The molecule has 0 spiro atoms. The smallest absolute Gasteiger partial charge is 0.206 e. The minimum absolute atomic E-state index is 0.0130. The summed E-state index contributed by atoms with van der Waals surface area (Å²) in [7, 11) is 0. The molecule has 0 aliphatic carbocycles. The lowest BCUT2D eigenvalue weighted by atomic mass is 9.79. The molecule has 5 nitrogen and oxygen atoms in total. The van der Waals surface area contributed by atoms with Crippen LogP contribution in [0.1, 0.15) is 17.0 Å². The number of rotatable bonds is 3. The summed E-state index contributed by atoms with van der Waals surface area (Å²) < 4.78 is 5.87. The largest absolute Gasteiger partial charge is 0.377 e. The monoisotopic (exact) mass is 373 g/mol. The fourth-order valence-electron chi connectivity index (χ4n) is 4.54. The Labute approximate surface area is 164 Å². The van der Waals surface area contributed by atoms with Gasteiger partial charge in [0.1, 0.15) is 5.70 Å². The van der Waals surface area contributed by atoms with Crippen molar-refractivity contribution in [3.8, 4) is 0 Å². The fourth-order valence-corrected chi connectivity index (χ4v) is 4.54. The molecule has 1 fully saturated rings. The van der Waals surface area contributed by atoms with E-state index >= 15 is 0 Å². The molecule has 0 bridgehead atoms. The van der Waals surface area contributed by atoms with Crippen molar-refractivity contribution in [2.24, 2.45) is 0 Å². The highest BCUT2D eigenvalue weighted by molar-refractivity contribution is 6.04. The molecule has 0 radical (unpaired) electrons. The molecule has 3 aliphatic rings. The summed E-state index contributed by atoms with van der Waals surface area (Å²) in [6.45, 7) is 2.12. The molecular weight excluding hydrogens is 350 g/mol. The topological polar surface area (TPSA) is 44.8 Å². The van der Waals surface area contributed by atoms with Gasteiger partial charge in [-0.15, -0.1) is 0 Å². The lowest BCUT2D eigenvalue weighted by molar-refractivity contribution is -0.116. The Kier molecular flexibility index (Phi) is 4.37. The zero-order valence-corrected chi connectivity index (χ0v) is 15.6. The summed E-state index contributed by atoms with van der Waals surface area (Å²) in [6, 6.07) is 21.2. The first-order valence-corrected chi connectivity index (χ1v) is 9.74. The molecule has 2 aromatic rings. The average molecular weight is 373 g/mol. The molecular formula is C23H23N3O2. The third-order valence-corrected chi connectivity index (χ3v) is 5.81. The minimum atomic E-state index is 0.0130. The number of carbonyl (C=O) groups is 1. The first kappa shape index (κ1) is 17.1. The van der Waals surface area contributed by atoms with Crippen LogP contribution in [0.2, 0.25) is 0 Å². The van der Waals surface area contributed by atoms with E-state index in [0.717, 1.165) is 6.54 Å². The van der Waals surface area contributed by atoms with E-state index in [1.165, 1.54) is 11.1 Å². The number of hydrogen-bond acceptors (Lipinski definition) is 5. The van der Waals surface area contributed by atoms with Crippen molar-refractivity contribution >= 4 is 5.78 Å². The maximum absolute atomic E-state index is 12.6. The van der Waals surface area contributed by atoms with Crippen molar-refractivity contribution in [2.75, 3.05) is 19.8 Å². The van der Waals surface area contributed by atoms with Crippen LogP contribution in [0.4, 0.5) is 0 Å². The molecule has 3 heterocycles. The van der Waals surface area contributed by atoms with Crippen LogP contribution in [0.3, 0.4) is 0 Å². The Bertz CT molecular complexity index is 870. The maximum Gasteiger partial charge on any atom is 0.206 e. The van der Waals surface area contributed by atoms with Gasteiger partial charge in [0.05, 0.1) is 25.3 Å². The van der Waals surface area contributed by atoms with Gasteiger partial charge in [-0.25, -0.2) is 0 Å². The van der Waals surface area contributed by atoms with Crippen LogP contribution in [-0.4, -0.2) is 47.5 Å². The van der Waals surface area contributed by atoms with Gasteiger partial charge in [0.2, 0.25) is 5.78 Å². The predicted molar refractivity (Wildman–Crippen MR) is 107 cm³/mol. The highest BCUT2D eigenvalue weighted by Crippen LogP contribution is 2.39. The zero-order valence-electron chi connectivity index (χ0n) is 15.6. The Balaban J connectivity index is 1.67. The van der Waals surface area contributed by atoms with Gasteiger partial charge < -0.3 is 15.1 Å². The third-order valence-electron chi connectivity index (χ3n) is 5.81. The zero-order chi connectivity index (χ0) is 18.9. The normalized spacial score (nSPS) is 23.8. The van der Waals surface area contributed by atoms with Crippen LogP contribution in [0.15, 0.2) is 84.8 Å². The predicted octanol–water partition coefficient (Wildman–Crippen LogP) is 2.65. The molecule has 1 N–H and O–H groups in total. The Morgan fingerprint density at radius 3 is 2.36 bits per heavy atom. The van der Waals surface area contributed by atoms with Crippen LogP contribution in [-0.2, 0) is 9.53 Å². The number of allylic oxidation sites excluding steroid dienone is 1. The standard InChI is InChI=1S/C23H23N3O2/c27-21-11-12-24-26-19(21)15-25-13-14-28-16-20(25)23(26)22(17-7-3-1-4-8-17)18-9-5-2-6-10-18/h1-12,15,20,22-24H,13-14,16H2. The first-order chi connectivity index (χ1) is 13.8. The van der Waals surface area contributed by atoms with Gasteiger partial charge in [-0.1, -0.05) is 60.7 Å². The molecule has 2 unspecified atom stereocenters. The van der Waals surface area contributed by atoms with E-state index in [4.69, 9.17) is 4.74 Å². The number of carbonyl (C=O) groups excluding carboxylic acids is 1. The molecule has 0 aromatic heterocycles. The number of fused-ring (bicyclic) bond motifs is 2. The number of morpholine rings is 1. The molecule has 3 aliphatic heterocycles. The minimum Gasteiger partial charge on any atom is -0.377 e. The highest BCUT2D eigenvalue weighted by Gasteiger charge is 2.45. The van der Waals surface area contributed by atoms with Crippen molar-refractivity contribution in [1.82, 2.24) is 15.3 Å². The summed E-state index contributed by atoms with van der Waals surface area (Å²) >= 11 is 0. The lowest BCUT2D eigenvalue weighted by Gasteiger charge is -2.52. The second kappa shape index (κ2) is 7.17. The number of benzene rings is 2. The lowest BCUT2D eigenvalue weighted by Crippen LogP contribution is -2.64. The summed E-state index contributed by atoms with van der Waals surface area (Å²) in [4.78, 5) is 14.9. The van der Waals surface area contributed by atoms with Crippen LogP contribution in [0, 0.1) is 0 Å². The van der Waals surface area contributed by atoms with Crippen molar-refractivity contribution < 1.29 is 9.53 Å². The van der Waals surface area contributed by atoms with Crippen molar-refractivity contribution in [2.45, 2.75) is 18.0 Å². The number of ether oxygens (including phenoxy) is 1. The maximum atomic E-state index is 12.6. The SMILES string of the molecule is O=C1C=CNN2C1=CN1CCOCC1C2C(c1ccccc1)c1ccccc1. The van der Waals surface area contributed by atoms with Crippen LogP contribution < -0.4 is 5.43 Å². The Hall–Kier alpha value is -3.05. The molecule has 0 amide bonds. The fraction of sp³-hybridized carbons (Fsp3) is 0.261. The van der Waals surface area contributed by atoms with E-state index in [1.807, 2.05) is 23.3 Å². The molecule has 2 atom stereocenters. The number of hydrogen-bond donors (Lipinski definition) is 1. The second-order valence-electron chi connectivity index (χ2n) is 7.38. The van der Waals surface area contributed by atoms with E-state index in [-0.39, 0.29) is 23.8 Å². The third kappa shape index (κ3) is 2.88. The number of hydrazine groups is 1.